The van der Waals surface area contributed by atoms with E-state index in [1.54, 1.807) is 12.4 Å². The van der Waals surface area contributed by atoms with Crippen LogP contribution in [0.3, 0.4) is 0 Å². The average Bonchev–Trinajstić information content (AvgIpc) is 3.08. The second kappa shape index (κ2) is 6.42. The van der Waals surface area contributed by atoms with Crippen molar-refractivity contribution in [1.29, 1.82) is 0 Å². The molecule has 0 spiro atoms. The second-order valence-corrected chi connectivity index (χ2v) is 5.33. The molecule has 0 atom stereocenters. The summed E-state index contributed by atoms with van der Waals surface area (Å²) in [4.78, 5) is 13.4. The molecule has 116 valence electrons. The zero-order chi connectivity index (χ0) is 16.2. The van der Waals surface area contributed by atoms with E-state index in [9.17, 15) is 0 Å². The van der Waals surface area contributed by atoms with E-state index in [2.05, 4.69) is 32.2 Å². The number of benzene rings is 1. The molecule has 0 saturated heterocycles. The lowest BCUT2D eigenvalue weighted by Crippen LogP contribution is -2.04. The SMILES string of the molecule is c1ccc(Cn2nc(-c3ccccn3)nc2-c2ccccn2)cc1. The minimum Gasteiger partial charge on any atom is -0.253 e. The summed E-state index contributed by atoms with van der Waals surface area (Å²) in [5.74, 6) is 1.34. The molecule has 0 N–H and O–H groups in total. The third-order valence-corrected chi connectivity index (χ3v) is 3.63. The highest BCUT2D eigenvalue weighted by atomic mass is 15.4. The number of aromatic nitrogens is 5. The zero-order valence-corrected chi connectivity index (χ0v) is 12.9. The molecule has 3 heterocycles. The average molecular weight is 313 g/mol. The van der Waals surface area contributed by atoms with Crippen molar-refractivity contribution in [2.45, 2.75) is 6.54 Å². The lowest BCUT2D eigenvalue weighted by atomic mass is 10.2. The van der Waals surface area contributed by atoms with Gasteiger partial charge in [0, 0.05) is 12.4 Å². The summed E-state index contributed by atoms with van der Waals surface area (Å²) in [6.45, 7) is 0.632. The van der Waals surface area contributed by atoms with Crippen molar-refractivity contribution in [2.24, 2.45) is 0 Å². The van der Waals surface area contributed by atoms with E-state index >= 15 is 0 Å². The first-order valence-electron chi connectivity index (χ1n) is 7.72. The molecular formula is C19H15N5. The molecule has 0 aliphatic carbocycles. The molecule has 0 radical (unpaired) electrons. The van der Waals surface area contributed by atoms with E-state index in [4.69, 9.17) is 0 Å². The van der Waals surface area contributed by atoms with Gasteiger partial charge in [0.2, 0.25) is 0 Å². The maximum atomic E-state index is 4.67. The largest absolute Gasteiger partial charge is 0.253 e. The predicted octanol–water partition coefficient (Wildman–Crippen LogP) is 3.45. The number of pyridine rings is 2. The third-order valence-electron chi connectivity index (χ3n) is 3.63. The van der Waals surface area contributed by atoms with E-state index in [0.717, 1.165) is 22.8 Å². The highest BCUT2D eigenvalue weighted by Crippen LogP contribution is 2.20. The lowest BCUT2D eigenvalue weighted by Gasteiger charge is -2.05. The van der Waals surface area contributed by atoms with Crippen molar-refractivity contribution in [2.75, 3.05) is 0 Å². The van der Waals surface area contributed by atoms with E-state index < -0.39 is 0 Å². The maximum Gasteiger partial charge on any atom is 0.200 e. The molecule has 5 nitrogen and oxygen atoms in total. The number of nitrogens with zero attached hydrogens (tertiary/aromatic N) is 5. The maximum absolute atomic E-state index is 4.67. The van der Waals surface area contributed by atoms with Crippen LogP contribution in [0.4, 0.5) is 0 Å². The van der Waals surface area contributed by atoms with Gasteiger partial charge in [-0.15, -0.1) is 5.10 Å². The van der Waals surface area contributed by atoms with Crippen LogP contribution in [0.1, 0.15) is 5.56 Å². The summed E-state index contributed by atoms with van der Waals surface area (Å²) in [6, 6.07) is 21.7. The van der Waals surface area contributed by atoms with Crippen LogP contribution in [-0.4, -0.2) is 24.7 Å². The molecule has 0 aliphatic heterocycles. The van der Waals surface area contributed by atoms with Crippen molar-refractivity contribution >= 4 is 0 Å². The Kier molecular flexibility index (Phi) is 3.81. The van der Waals surface area contributed by atoms with Crippen molar-refractivity contribution in [3.63, 3.8) is 0 Å². The summed E-state index contributed by atoms with van der Waals surface area (Å²) in [5.41, 5.74) is 2.71. The van der Waals surface area contributed by atoms with Crippen LogP contribution >= 0.6 is 0 Å². The minimum atomic E-state index is 0.604. The van der Waals surface area contributed by atoms with Crippen molar-refractivity contribution in [3.05, 3.63) is 84.7 Å². The van der Waals surface area contributed by atoms with Gasteiger partial charge >= 0.3 is 0 Å². The summed E-state index contributed by atoms with van der Waals surface area (Å²) in [7, 11) is 0. The van der Waals surface area contributed by atoms with Crippen LogP contribution < -0.4 is 0 Å². The van der Waals surface area contributed by atoms with E-state index in [-0.39, 0.29) is 0 Å². The van der Waals surface area contributed by atoms with Crippen LogP contribution in [-0.2, 0) is 6.54 Å². The van der Waals surface area contributed by atoms with Gasteiger partial charge in [-0.25, -0.2) is 9.67 Å². The predicted molar refractivity (Wildman–Crippen MR) is 92.0 cm³/mol. The summed E-state index contributed by atoms with van der Waals surface area (Å²) in [5, 5.41) is 4.66. The molecule has 4 rings (SSSR count). The van der Waals surface area contributed by atoms with E-state index in [1.165, 1.54) is 0 Å². The summed E-state index contributed by atoms with van der Waals surface area (Å²) in [6.07, 6.45) is 3.50. The highest BCUT2D eigenvalue weighted by molar-refractivity contribution is 5.56. The normalized spacial score (nSPS) is 10.7. The van der Waals surface area contributed by atoms with Crippen LogP contribution in [0.2, 0.25) is 0 Å². The molecule has 0 saturated carbocycles. The van der Waals surface area contributed by atoms with Gasteiger partial charge in [0.1, 0.15) is 11.4 Å². The van der Waals surface area contributed by atoms with Gasteiger partial charge in [-0.1, -0.05) is 42.5 Å². The highest BCUT2D eigenvalue weighted by Gasteiger charge is 2.15. The Morgan fingerprint density at radius 2 is 1.38 bits per heavy atom. The van der Waals surface area contributed by atoms with Crippen LogP contribution in [0.25, 0.3) is 23.0 Å². The Morgan fingerprint density at radius 3 is 2.04 bits per heavy atom. The third kappa shape index (κ3) is 2.92. The Labute approximate surface area is 139 Å². The molecule has 0 amide bonds. The van der Waals surface area contributed by atoms with Gasteiger partial charge in [0.05, 0.1) is 6.54 Å². The van der Waals surface area contributed by atoms with Gasteiger partial charge in [-0.2, -0.15) is 0 Å². The lowest BCUT2D eigenvalue weighted by molar-refractivity contribution is 0.693. The molecule has 0 aliphatic rings. The smallest absolute Gasteiger partial charge is 0.200 e. The van der Waals surface area contributed by atoms with Crippen LogP contribution in [0, 0.1) is 0 Å². The Balaban J connectivity index is 1.80. The molecule has 0 bridgehead atoms. The molecule has 4 aromatic rings. The Hall–Kier alpha value is -3.34. The van der Waals surface area contributed by atoms with Crippen molar-refractivity contribution in [3.8, 4) is 23.0 Å². The zero-order valence-electron chi connectivity index (χ0n) is 12.9. The summed E-state index contributed by atoms with van der Waals surface area (Å²) >= 11 is 0. The standard InChI is InChI=1S/C19H15N5/c1-2-8-15(9-3-1)14-24-19(17-11-5-7-13-21-17)22-18(23-24)16-10-4-6-12-20-16/h1-13H,14H2. The minimum absolute atomic E-state index is 0.604. The first-order chi connectivity index (χ1) is 11.9. The van der Waals surface area contributed by atoms with Gasteiger partial charge in [-0.3, -0.25) is 9.97 Å². The van der Waals surface area contributed by atoms with Gasteiger partial charge in [0.15, 0.2) is 11.6 Å². The number of hydrogen-bond acceptors (Lipinski definition) is 4. The topological polar surface area (TPSA) is 56.5 Å². The second-order valence-electron chi connectivity index (χ2n) is 5.33. The monoisotopic (exact) mass is 313 g/mol. The Morgan fingerprint density at radius 1 is 0.708 bits per heavy atom. The van der Waals surface area contributed by atoms with Gasteiger partial charge < -0.3 is 0 Å². The molecule has 3 aromatic heterocycles. The van der Waals surface area contributed by atoms with Gasteiger partial charge in [-0.05, 0) is 29.8 Å². The van der Waals surface area contributed by atoms with Crippen molar-refractivity contribution < 1.29 is 0 Å². The molecule has 5 heteroatoms. The molecular weight excluding hydrogens is 298 g/mol. The van der Waals surface area contributed by atoms with Gasteiger partial charge in [0.25, 0.3) is 0 Å². The molecule has 0 fully saturated rings. The molecule has 0 unspecified atom stereocenters. The fourth-order valence-corrected chi connectivity index (χ4v) is 2.50. The molecule has 1 aromatic carbocycles. The van der Waals surface area contributed by atoms with Crippen LogP contribution in [0.15, 0.2) is 79.1 Å². The van der Waals surface area contributed by atoms with E-state index in [0.29, 0.717) is 12.4 Å². The summed E-state index contributed by atoms with van der Waals surface area (Å²) < 4.78 is 1.88. The number of hydrogen-bond donors (Lipinski definition) is 0. The Bertz CT molecular complexity index is 918. The van der Waals surface area contributed by atoms with Crippen molar-refractivity contribution in [1.82, 2.24) is 24.7 Å². The van der Waals surface area contributed by atoms with Crippen LogP contribution in [0.5, 0.6) is 0 Å². The fourth-order valence-electron chi connectivity index (χ4n) is 2.50. The molecule has 24 heavy (non-hydrogen) atoms. The first kappa shape index (κ1) is 14.3. The fraction of sp³-hybridized carbons (Fsp3) is 0.0526. The number of rotatable bonds is 4. The quantitative estimate of drug-likeness (QED) is 0.579. The van der Waals surface area contributed by atoms with E-state index in [1.807, 2.05) is 59.3 Å². The first-order valence-corrected chi connectivity index (χ1v) is 7.72.